The van der Waals surface area contributed by atoms with Crippen LogP contribution in [0.2, 0.25) is 0 Å². The highest BCUT2D eigenvalue weighted by Crippen LogP contribution is 2.37. The van der Waals surface area contributed by atoms with Gasteiger partial charge in [0.25, 0.3) is 0 Å². The van der Waals surface area contributed by atoms with Gasteiger partial charge in [-0.25, -0.2) is 8.78 Å². The van der Waals surface area contributed by atoms with E-state index in [2.05, 4.69) is 19.2 Å². The minimum absolute atomic E-state index is 0.0934. The van der Waals surface area contributed by atoms with E-state index < -0.39 is 5.92 Å². The van der Waals surface area contributed by atoms with E-state index in [0.717, 1.165) is 13.0 Å². The van der Waals surface area contributed by atoms with Gasteiger partial charge in [-0.15, -0.1) is 0 Å². The number of nitrogens with one attached hydrogen (secondary N) is 1. The predicted molar refractivity (Wildman–Crippen MR) is 70.9 cm³/mol. The van der Waals surface area contributed by atoms with Gasteiger partial charge >= 0.3 is 0 Å². The minimum atomic E-state index is -2.41. The Kier molecular flexibility index (Phi) is 4.30. The van der Waals surface area contributed by atoms with Gasteiger partial charge < -0.3 is 5.32 Å². The monoisotopic (exact) mass is 259 g/mol. The highest BCUT2D eigenvalue weighted by molar-refractivity contribution is 4.85. The van der Waals surface area contributed by atoms with E-state index in [1.165, 1.54) is 25.7 Å². The standard InChI is InChI=1S/C15H27F2N/c1-14(2)7-4-6-13(10-14)18-11-12-5-3-8-15(16,17)9-12/h12-13,18H,3-11H2,1-2H3. The molecule has 2 fully saturated rings. The molecule has 2 rings (SSSR count). The van der Waals surface area contributed by atoms with Crippen LogP contribution in [0.5, 0.6) is 0 Å². The largest absolute Gasteiger partial charge is 0.314 e. The molecular weight excluding hydrogens is 232 g/mol. The smallest absolute Gasteiger partial charge is 0.248 e. The van der Waals surface area contributed by atoms with Crippen molar-refractivity contribution in [3.05, 3.63) is 0 Å². The molecule has 2 aliphatic carbocycles. The highest BCUT2D eigenvalue weighted by Gasteiger charge is 2.36. The molecule has 2 aliphatic rings. The fourth-order valence-corrected chi connectivity index (χ4v) is 3.66. The molecule has 0 aromatic heterocycles. The van der Waals surface area contributed by atoms with Crippen LogP contribution in [0.25, 0.3) is 0 Å². The third-order valence-corrected chi connectivity index (χ3v) is 4.64. The Labute approximate surface area is 110 Å². The summed E-state index contributed by atoms with van der Waals surface area (Å²) in [5.41, 5.74) is 0.423. The lowest BCUT2D eigenvalue weighted by atomic mass is 9.75. The van der Waals surface area contributed by atoms with Crippen LogP contribution in [-0.2, 0) is 0 Å². The summed E-state index contributed by atoms with van der Waals surface area (Å²) in [5, 5.41) is 3.55. The second-order valence-corrected chi connectivity index (χ2v) is 7.18. The normalized spacial score (nSPS) is 35.3. The Hall–Kier alpha value is -0.180. The molecule has 0 aliphatic heterocycles. The average molecular weight is 259 g/mol. The van der Waals surface area contributed by atoms with Crippen LogP contribution in [0.4, 0.5) is 8.78 Å². The summed E-state index contributed by atoms with van der Waals surface area (Å²) in [4.78, 5) is 0. The molecule has 2 unspecified atom stereocenters. The summed E-state index contributed by atoms with van der Waals surface area (Å²) in [5.74, 6) is -2.23. The highest BCUT2D eigenvalue weighted by atomic mass is 19.3. The van der Waals surface area contributed by atoms with Gasteiger partial charge in [0.15, 0.2) is 0 Å². The van der Waals surface area contributed by atoms with Crippen LogP contribution in [0.15, 0.2) is 0 Å². The molecule has 0 spiro atoms. The molecule has 2 saturated carbocycles. The summed E-state index contributed by atoms with van der Waals surface area (Å²) in [7, 11) is 0. The Morgan fingerprint density at radius 3 is 2.44 bits per heavy atom. The van der Waals surface area contributed by atoms with Crippen molar-refractivity contribution in [1.29, 1.82) is 0 Å². The number of rotatable bonds is 3. The summed E-state index contributed by atoms with van der Waals surface area (Å²) in [6.45, 7) is 5.42. The van der Waals surface area contributed by atoms with Crippen LogP contribution in [0.3, 0.4) is 0 Å². The fourth-order valence-electron chi connectivity index (χ4n) is 3.66. The van der Waals surface area contributed by atoms with Gasteiger partial charge in [-0.2, -0.15) is 0 Å². The van der Waals surface area contributed by atoms with E-state index >= 15 is 0 Å². The molecule has 0 aromatic rings. The maximum atomic E-state index is 13.3. The number of hydrogen-bond donors (Lipinski definition) is 1. The lowest BCUT2D eigenvalue weighted by Gasteiger charge is -2.37. The van der Waals surface area contributed by atoms with Crippen molar-refractivity contribution in [2.75, 3.05) is 6.54 Å². The molecule has 1 N–H and O–H groups in total. The van der Waals surface area contributed by atoms with Crippen LogP contribution >= 0.6 is 0 Å². The molecule has 0 bridgehead atoms. The summed E-state index contributed by atoms with van der Waals surface area (Å²) in [6, 6.07) is 0.546. The zero-order valence-electron chi connectivity index (χ0n) is 11.8. The molecule has 0 radical (unpaired) electrons. The first-order valence-corrected chi connectivity index (χ1v) is 7.48. The van der Waals surface area contributed by atoms with Crippen molar-refractivity contribution in [3.63, 3.8) is 0 Å². The van der Waals surface area contributed by atoms with Gasteiger partial charge in [0.05, 0.1) is 0 Å². The first-order chi connectivity index (χ1) is 8.36. The molecule has 3 heteroatoms. The van der Waals surface area contributed by atoms with Gasteiger partial charge in [-0.3, -0.25) is 0 Å². The number of halogens is 2. The van der Waals surface area contributed by atoms with Crippen molar-refractivity contribution in [2.24, 2.45) is 11.3 Å². The van der Waals surface area contributed by atoms with Gasteiger partial charge in [0, 0.05) is 18.9 Å². The first-order valence-electron chi connectivity index (χ1n) is 7.48. The predicted octanol–water partition coefficient (Wildman–Crippen LogP) is 4.37. The topological polar surface area (TPSA) is 12.0 Å². The molecule has 0 saturated heterocycles. The quantitative estimate of drug-likeness (QED) is 0.793. The van der Waals surface area contributed by atoms with Crippen LogP contribution in [-0.4, -0.2) is 18.5 Å². The molecule has 1 nitrogen and oxygen atoms in total. The molecule has 2 atom stereocenters. The van der Waals surface area contributed by atoms with E-state index in [-0.39, 0.29) is 18.8 Å². The maximum Gasteiger partial charge on any atom is 0.248 e. The summed E-state index contributed by atoms with van der Waals surface area (Å²) < 4.78 is 26.6. The fraction of sp³-hybridized carbons (Fsp3) is 1.00. The summed E-state index contributed by atoms with van der Waals surface area (Å²) in [6.07, 6.45) is 6.82. The van der Waals surface area contributed by atoms with Crippen LogP contribution < -0.4 is 5.32 Å². The third-order valence-electron chi connectivity index (χ3n) is 4.64. The number of alkyl halides is 2. The van der Waals surface area contributed by atoms with Gasteiger partial charge in [-0.05, 0) is 50.0 Å². The van der Waals surface area contributed by atoms with E-state index in [1.807, 2.05) is 0 Å². The van der Waals surface area contributed by atoms with Crippen molar-refractivity contribution in [1.82, 2.24) is 5.32 Å². The Morgan fingerprint density at radius 1 is 1.06 bits per heavy atom. The third kappa shape index (κ3) is 4.18. The molecule has 0 heterocycles. The lowest BCUT2D eigenvalue weighted by molar-refractivity contribution is -0.0526. The number of hydrogen-bond acceptors (Lipinski definition) is 1. The average Bonchev–Trinajstić information content (AvgIpc) is 2.24. The summed E-state index contributed by atoms with van der Waals surface area (Å²) >= 11 is 0. The maximum absolute atomic E-state index is 13.3. The second kappa shape index (κ2) is 5.44. The van der Waals surface area contributed by atoms with E-state index in [1.54, 1.807) is 0 Å². The first kappa shape index (κ1) is 14.2. The lowest BCUT2D eigenvalue weighted by Crippen LogP contribution is -2.41. The van der Waals surface area contributed by atoms with Crippen molar-refractivity contribution >= 4 is 0 Å². The van der Waals surface area contributed by atoms with Gasteiger partial charge in [-0.1, -0.05) is 20.3 Å². The van der Waals surface area contributed by atoms with E-state index in [9.17, 15) is 8.78 Å². The Balaban J connectivity index is 1.74. The van der Waals surface area contributed by atoms with Crippen molar-refractivity contribution in [3.8, 4) is 0 Å². The van der Waals surface area contributed by atoms with Crippen LogP contribution in [0.1, 0.15) is 65.2 Å². The Bertz CT molecular complexity index is 248. The second-order valence-electron chi connectivity index (χ2n) is 7.18. The van der Waals surface area contributed by atoms with Crippen molar-refractivity contribution in [2.45, 2.75) is 77.2 Å². The molecular formula is C15H27F2N. The molecule has 18 heavy (non-hydrogen) atoms. The van der Waals surface area contributed by atoms with Crippen molar-refractivity contribution < 1.29 is 8.78 Å². The molecule has 106 valence electrons. The molecule has 0 aromatic carbocycles. The minimum Gasteiger partial charge on any atom is -0.314 e. The SMILES string of the molecule is CC1(C)CCCC(NCC2CCCC(F)(F)C2)C1. The van der Waals surface area contributed by atoms with E-state index in [0.29, 0.717) is 17.9 Å². The zero-order valence-corrected chi connectivity index (χ0v) is 11.8. The van der Waals surface area contributed by atoms with E-state index in [4.69, 9.17) is 0 Å². The Morgan fingerprint density at radius 2 is 1.78 bits per heavy atom. The van der Waals surface area contributed by atoms with Crippen LogP contribution in [0, 0.1) is 11.3 Å². The zero-order chi connectivity index (χ0) is 13.2. The van der Waals surface area contributed by atoms with Gasteiger partial charge in [0.1, 0.15) is 0 Å². The van der Waals surface area contributed by atoms with Gasteiger partial charge in [0.2, 0.25) is 5.92 Å². The molecule has 0 amide bonds.